The van der Waals surface area contributed by atoms with Crippen molar-refractivity contribution in [3.63, 3.8) is 0 Å². The standard InChI is InChI=1S/C13H17BrFN3/c1-13(2,7-17)8-18(3)10-5-4-9(6-16)11(14)12(10)15/h4-5H,7-8,17H2,1-3H3. The second kappa shape index (κ2) is 5.68. The maximum atomic E-state index is 14.1. The van der Waals surface area contributed by atoms with Crippen LogP contribution in [0.3, 0.4) is 0 Å². The van der Waals surface area contributed by atoms with Gasteiger partial charge in [0.05, 0.1) is 15.7 Å². The third kappa shape index (κ3) is 3.21. The predicted molar refractivity (Wildman–Crippen MR) is 74.9 cm³/mol. The lowest BCUT2D eigenvalue weighted by Gasteiger charge is -2.30. The summed E-state index contributed by atoms with van der Waals surface area (Å²) >= 11 is 3.11. The van der Waals surface area contributed by atoms with Crippen molar-refractivity contribution in [2.45, 2.75) is 13.8 Å². The van der Waals surface area contributed by atoms with Gasteiger partial charge in [-0.3, -0.25) is 0 Å². The van der Waals surface area contributed by atoms with E-state index in [9.17, 15) is 4.39 Å². The maximum Gasteiger partial charge on any atom is 0.161 e. The first-order chi connectivity index (χ1) is 8.32. The van der Waals surface area contributed by atoms with E-state index in [0.717, 1.165) is 0 Å². The fourth-order valence-corrected chi connectivity index (χ4v) is 2.14. The molecule has 0 aromatic heterocycles. The zero-order chi connectivity index (χ0) is 13.9. The Morgan fingerprint density at radius 1 is 1.50 bits per heavy atom. The van der Waals surface area contributed by atoms with Gasteiger partial charge in [0, 0.05) is 13.6 Å². The molecule has 98 valence electrons. The van der Waals surface area contributed by atoms with E-state index in [1.54, 1.807) is 12.1 Å². The second-order valence-corrected chi connectivity index (χ2v) is 5.89. The summed E-state index contributed by atoms with van der Waals surface area (Å²) in [5, 5.41) is 8.82. The highest BCUT2D eigenvalue weighted by Gasteiger charge is 2.21. The molecule has 3 nitrogen and oxygen atoms in total. The van der Waals surface area contributed by atoms with Crippen molar-refractivity contribution in [2.24, 2.45) is 11.1 Å². The van der Waals surface area contributed by atoms with Crippen molar-refractivity contribution in [1.29, 1.82) is 5.26 Å². The van der Waals surface area contributed by atoms with Crippen LogP contribution in [-0.2, 0) is 0 Å². The van der Waals surface area contributed by atoms with E-state index in [4.69, 9.17) is 11.0 Å². The normalized spacial score (nSPS) is 11.2. The third-order valence-corrected chi connectivity index (χ3v) is 3.59. The summed E-state index contributed by atoms with van der Waals surface area (Å²) in [5.41, 5.74) is 6.33. The lowest BCUT2D eigenvalue weighted by Crippen LogP contribution is -2.37. The SMILES string of the molecule is CN(CC(C)(C)CN)c1ccc(C#N)c(Br)c1F. The van der Waals surface area contributed by atoms with E-state index in [0.29, 0.717) is 24.3 Å². The zero-order valence-corrected chi connectivity index (χ0v) is 12.4. The van der Waals surface area contributed by atoms with E-state index in [2.05, 4.69) is 15.9 Å². The number of nitriles is 1. The molecule has 18 heavy (non-hydrogen) atoms. The Morgan fingerprint density at radius 2 is 2.11 bits per heavy atom. The summed E-state index contributed by atoms with van der Waals surface area (Å²) in [7, 11) is 1.81. The smallest absolute Gasteiger partial charge is 0.161 e. The summed E-state index contributed by atoms with van der Waals surface area (Å²) in [6.45, 7) is 5.22. The van der Waals surface area contributed by atoms with Gasteiger partial charge in [0.2, 0.25) is 0 Å². The highest BCUT2D eigenvalue weighted by Crippen LogP contribution is 2.30. The van der Waals surface area contributed by atoms with Gasteiger partial charge in [-0.2, -0.15) is 5.26 Å². The van der Waals surface area contributed by atoms with E-state index < -0.39 is 5.82 Å². The molecule has 0 radical (unpaired) electrons. The average Bonchev–Trinajstić information content (AvgIpc) is 2.32. The Kier molecular flexibility index (Phi) is 4.71. The molecule has 0 unspecified atom stereocenters. The van der Waals surface area contributed by atoms with Crippen LogP contribution in [0.2, 0.25) is 0 Å². The molecular formula is C13H17BrFN3. The van der Waals surface area contributed by atoms with E-state index in [1.165, 1.54) is 0 Å². The van der Waals surface area contributed by atoms with E-state index in [-0.39, 0.29) is 9.89 Å². The van der Waals surface area contributed by atoms with Gasteiger partial charge < -0.3 is 10.6 Å². The van der Waals surface area contributed by atoms with Crippen molar-refractivity contribution in [3.8, 4) is 6.07 Å². The molecule has 0 bridgehead atoms. The number of benzene rings is 1. The van der Waals surface area contributed by atoms with Gasteiger partial charge in [-0.15, -0.1) is 0 Å². The minimum absolute atomic E-state index is 0.0957. The van der Waals surface area contributed by atoms with Gasteiger partial charge in [-0.05, 0) is 40.0 Å². The van der Waals surface area contributed by atoms with Gasteiger partial charge in [-0.1, -0.05) is 13.8 Å². The molecule has 0 saturated carbocycles. The van der Waals surface area contributed by atoms with E-state index in [1.807, 2.05) is 31.9 Å². The van der Waals surface area contributed by atoms with Crippen LogP contribution >= 0.6 is 15.9 Å². The summed E-state index contributed by atoms with van der Waals surface area (Å²) < 4.78 is 14.3. The van der Waals surface area contributed by atoms with Crippen LogP contribution in [-0.4, -0.2) is 20.1 Å². The number of nitrogens with zero attached hydrogens (tertiary/aromatic N) is 2. The van der Waals surface area contributed by atoms with Crippen molar-refractivity contribution < 1.29 is 4.39 Å². The molecule has 0 aliphatic carbocycles. The van der Waals surface area contributed by atoms with Crippen molar-refractivity contribution in [2.75, 3.05) is 25.0 Å². The molecule has 2 N–H and O–H groups in total. The predicted octanol–water partition coefficient (Wildman–Crippen LogP) is 2.88. The molecule has 1 aromatic rings. The van der Waals surface area contributed by atoms with Crippen molar-refractivity contribution in [1.82, 2.24) is 0 Å². The Hall–Kier alpha value is -1.12. The highest BCUT2D eigenvalue weighted by atomic mass is 79.9. The summed E-state index contributed by atoms with van der Waals surface area (Å²) in [5.74, 6) is -0.413. The first-order valence-corrected chi connectivity index (χ1v) is 6.41. The number of rotatable bonds is 4. The molecule has 0 saturated heterocycles. The second-order valence-electron chi connectivity index (χ2n) is 5.10. The van der Waals surface area contributed by atoms with Crippen molar-refractivity contribution in [3.05, 3.63) is 28.0 Å². The molecule has 0 atom stereocenters. The molecule has 0 spiro atoms. The maximum absolute atomic E-state index is 14.1. The van der Waals surface area contributed by atoms with Gasteiger partial charge in [0.1, 0.15) is 6.07 Å². The number of hydrogen-bond acceptors (Lipinski definition) is 3. The quantitative estimate of drug-likeness (QED) is 0.930. The molecule has 1 aromatic carbocycles. The van der Waals surface area contributed by atoms with Crippen molar-refractivity contribution >= 4 is 21.6 Å². The molecule has 0 aliphatic heterocycles. The Labute approximate surface area is 116 Å². The number of nitrogens with two attached hydrogens (primary N) is 1. The molecular weight excluding hydrogens is 297 g/mol. The lowest BCUT2D eigenvalue weighted by atomic mass is 9.93. The van der Waals surface area contributed by atoms with Crippen LogP contribution in [0.15, 0.2) is 16.6 Å². The molecule has 0 aliphatic rings. The van der Waals surface area contributed by atoms with E-state index >= 15 is 0 Å². The molecule has 1 rings (SSSR count). The monoisotopic (exact) mass is 313 g/mol. The summed E-state index contributed by atoms with van der Waals surface area (Å²) in [4.78, 5) is 1.81. The van der Waals surface area contributed by atoms with Crippen LogP contribution in [0.5, 0.6) is 0 Å². The largest absolute Gasteiger partial charge is 0.372 e. The Bertz CT molecular complexity index is 480. The van der Waals surface area contributed by atoms with Crippen LogP contribution in [0.25, 0.3) is 0 Å². The molecule has 0 heterocycles. The van der Waals surface area contributed by atoms with Crippen LogP contribution in [0.4, 0.5) is 10.1 Å². The number of anilines is 1. The Balaban J connectivity index is 3.05. The lowest BCUT2D eigenvalue weighted by molar-refractivity contribution is 0.383. The number of hydrogen-bond donors (Lipinski definition) is 1. The topological polar surface area (TPSA) is 53.0 Å². The fraction of sp³-hybridized carbons (Fsp3) is 0.462. The van der Waals surface area contributed by atoms with Crippen LogP contribution in [0.1, 0.15) is 19.4 Å². The van der Waals surface area contributed by atoms with Crippen LogP contribution in [0, 0.1) is 22.6 Å². The summed E-state index contributed by atoms with van der Waals surface area (Å²) in [6.07, 6.45) is 0. The zero-order valence-electron chi connectivity index (χ0n) is 10.8. The Morgan fingerprint density at radius 3 is 2.61 bits per heavy atom. The van der Waals surface area contributed by atoms with Gasteiger partial charge >= 0.3 is 0 Å². The first-order valence-electron chi connectivity index (χ1n) is 5.61. The minimum atomic E-state index is -0.413. The minimum Gasteiger partial charge on any atom is -0.372 e. The van der Waals surface area contributed by atoms with Gasteiger partial charge in [0.15, 0.2) is 5.82 Å². The third-order valence-electron chi connectivity index (χ3n) is 2.81. The van der Waals surface area contributed by atoms with Crippen LogP contribution < -0.4 is 10.6 Å². The molecule has 5 heteroatoms. The van der Waals surface area contributed by atoms with Gasteiger partial charge in [-0.25, -0.2) is 4.39 Å². The molecule has 0 fully saturated rings. The number of halogens is 2. The van der Waals surface area contributed by atoms with Gasteiger partial charge in [0.25, 0.3) is 0 Å². The first kappa shape index (κ1) is 14.9. The highest BCUT2D eigenvalue weighted by molar-refractivity contribution is 9.10. The summed E-state index contributed by atoms with van der Waals surface area (Å²) in [6, 6.07) is 5.16. The average molecular weight is 314 g/mol. The molecule has 0 amide bonds. The fourth-order valence-electron chi connectivity index (χ4n) is 1.71.